The van der Waals surface area contributed by atoms with Crippen LogP contribution in [0.2, 0.25) is 0 Å². The number of esters is 1. The molecule has 37 heavy (non-hydrogen) atoms. The summed E-state index contributed by atoms with van der Waals surface area (Å²) in [5.74, 6) is -0.326. The summed E-state index contributed by atoms with van der Waals surface area (Å²) in [6.07, 6.45) is 7.27. The van der Waals surface area contributed by atoms with Gasteiger partial charge in [0.1, 0.15) is 6.29 Å². The molecule has 0 N–H and O–H groups in total. The molecule has 1 aromatic carbocycles. The van der Waals surface area contributed by atoms with Crippen molar-refractivity contribution in [2.75, 3.05) is 26.0 Å². The fraction of sp³-hybridized carbons (Fsp3) is 0.667. The van der Waals surface area contributed by atoms with E-state index in [1.54, 1.807) is 20.8 Å². The van der Waals surface area contributed by atoms with Crippen molar-refractivity contribution in [1.29, 1.82) is 0 Å². The van der Waals surface area contributed by atoms with Gasteiger partial charge in [-0.05, 0) is 80.4 Å². The van der Waals surface area contributed by atoms with E-state index in [0.717, 1.165) is 38.4 Å². The standard InChI is InChI=1S/C30H45O6P/c1-8-34-27(32)17-22(3)21-37(33,35-9-2)36-16-10-13-29(6)15-14-28(4,5)26-18-23(11-12-25(26)29)30(7)19-24(30)20-31/h11-12,17-18,20,24H,8-10,13-16,19,21H2,1-7H3/b22-17+/t24?,29?,30-,37?/m1/s1. The molecule has 0 amide bonds. The lowest BCUT2D eigenvalue weighted by Crippen LogP contribution is -2.36. The van der Waals surface area contributed by atoms with Crippen molar-refractivity contribution in [3.63, 3.8) is 0 Å². The van der Waals surface area contributed by atoms with Gasteiger partial charge >= 0.3 is 13.6 Å². The van der Waals surface area contributed by atoms with Crippen LogP contribution in [0.1, 0.15) is 97.3 Å². The number of hydrogen-bond acceptors (Lipinski definition) is 6. The molecule has 3 unspecified atom stereocenters. The SMILES string of the molecule is CCOC(=O)/C=C(\C)CP(=O)(OCC)OCCCC1(C)CCC(C)(C)c2cc([C@@]3(C)CC3C=O)ccc21. The van der Waals surface area contributed by atoms with E-state index in [4.69, 9.17) is 13.8 Å². The van der Waals surface area contributed by atoms with E-state index in [1.807, 2.05) is 0 Å². The highest BCUT2D eigenvalue weighted by Crippen LogP contribution is 2.55. The normalized spacial score (nSPS) is 28.2. The van der Waals surface area contributed by atoms with Gasteiger partial charge in [-0.1, -0.05) is 51.5 Å². The summed E-state index contributed by atoms with van der Waals surface area (Å²) in [5.41, 5.74) is 4.69. The maximum atomic E-state index is 13.3. The van der Waals surface area contributed by atoms with Gasteiger partial charge in [0.25, 0.3) is 0 Å². The maximum Gasteiger partial charge on any atom is 0.334 e. The Hall–Kier alpha value is -1.75. The lowest BCUT2D eigenvalue weighted by Gasteiger charge is -2.44. The van der Waals surface area contributed by atoms with Crippen molar-refractivity contribution in [2.24, 2.45) is 5.92 Å². The molecule has 0 spiro atoms. The molecule has 4 atom stereocenters. The second-order valence-corrected chi connectivity index (χ2v) is 14.0. The summed E-state index contributed by atoms with van der Waals surface area (Å²) in [5, 5.41) is 0. The molecule has 206 valence electrons. The molecule has 1 saturated carbocycles. The number of benzene rings is 1. The molecule has 1 aromatic rings. The zero-order chi connectivity index (χ0) is 27.5. The minimum Gasteiger partial charge on any atom is -0.463 e. The number of hydrogen-bond donors (Lipinski definition) is 0. The van der Waals surface area contributed by atoms with Crippen LogP contribution in [0.25, 0.3) is 0 Å². The molecule has 7 heteroatoms. The molecule has 6 nitrogen and oxygen atoms in total. The maximum absolute atomic E-state index is 13.3. The number of carbonyl (C=O) groups is 2. The quantitative estimate of drug-likeness (QED) is 0.0892. The first kappa shape index (κ1) is 29.8. The summed E-state index contributed by atoms with van der Waals surface area (Å²) in [6.45, 7) is 15.3. The monoisotopic (exact) mass is 532 g/mol. The van der Waals surface area contributed by atoms with Gasteiger partial charge in [-0.15, -0.1) is 0 Å². The van der Waals surface area contributed by atoms with E-state index in [0.29, 0.717) is 18.8 Å². The summed E-state index contributed by atoms with van der Waals surface area (Å²) in [4.78, 5) is 23.1. The molecule has 0 bridgehead atoms. The van der Waals surface area contributed by atoms with Gasteiger partial charge in [0.15, 0.2) is 0 Å². The molecule has 1 fully saturated rings. The Morgan fingerprint density at radius 1 is 1.08 bits per heavy atom. The van der Waals surface area contributed by atoms with Crippen LogP contribution in [0.4, 0.5) is 0 Å². The number of aldehydes is 1. The van der Waals surface area contributed by atoms with Crippen molar-refractivity contribution >= 4 is 19.9 Å². The molecular weight excluding hydrogens is 487 g/mol. The van der Waals surface area contributed by atoms with Gasteiger partial charge < -0.3 is 18.6 Å². The van der Waals surface area contributed by atoms with Gasteiger partial charge in [0.05, 0.1) is 26.0 Å². The summed E-state index contributed by atoms with van der Waals surface area (Å²) < 4.78 is 29.6. The Kier molecular flexibility index (Phi) is 9.31. The van der Waals surface area contributed by atoms with Crippen molar-refractivity contribution in [1.82, 2.24) is 0 Å². The highest BCUT2D eigenvalue weighted by Gasteiger charge is 2.52. The van der Waals surface area contributed by atoms with Crippen molar-refractivity contribution < 1.29 is 27.9 Å². The average molecular weight is 533 g/mol. The second kappa shape index (κ2) is 11.6. The molecule has 0 radical (unpaired) electrons. The van der Waals surface area contributed by atoms with Crippen molar-refractivity contribution in [3.05, 3.63) is 46.5 Å². The Balaban J connectivity index is 1.68. The van der Waals surface area contributed by atoms with E-state index in [1.165, 1.54) is 22.8 Å². The Morgan fingerprint density at radius 2 is 1.81 bits per heavy atom. The summed E-state index contributed by atoms with van der Waals surface area (Å²) >= 11 is 0. The topological polar surface area (TPSA) is 78.9 Å². The Bertz CT molecular complexity index is 1080. The second-order valence-electron chi connectivity index (χ2n) is 11.9. The number of fused-ring (bicyclic) bond motifs is 1. The minimum atomic E-state index is -3.36. The van der Waals surface area contributed by atoms with Gasteiger partial charge in [0.2, 0.25) is 0 Å². The van der Waals surface area contributed by atoms with E-state index >= 15 is 0 Å². The van der Waals surface area contributed by atoms with E-state index in [-0.39, 0.29) is 34.9 Å². The summed E-state index contributed by atoms with van der Waals surface area (Å²) in [6, 6.07) is 6.86. The highest BCUT2D eigenvalue weighted by molar-refractivity contribution is 7.54. The molecule has 2 aliphatic carbocycles. The predicted octanol–water partition coefficient (Wildman–Crippen LogP) is 7.03. The highest BCUT2D eigenvalue weighted by atomic mass is 31.2. The van der Waals surface area contributed by atoms with Crippen LogP contribution in [-0.4, -0.2) is 38.2 Å². The molecule has 0 saturated heterocycles. The van der Waals surface area contributed by atoms with Crippen LogP contribution < -0.4 is 0 Å². The van der Waals surface area contributed by atoms with Gasteiger partial charge in [-0.2, -0.15) is 0 Å². The summed E-state index contributed by atoms with van der Waals surface area (Å²) in [7, 11) is -3.36. The average Bonchev–Trinajstić information content (AvgIpc) is 3.51. The lowest BCUT2D eigenvalue weighted by atomic mass is 9.60. The molecule has 3 rings (SSSR count). The molecule has 0 aliphatic heterocycles. The zero-order valence-electron chi connectivity index (χ0n) is 23.7. The fourth-order valence-corrected chi connectivity index (χ4v) is 7.52. The van der Waals surface area contributed by atoms with Gasteiger partial charge in [-0.3, -0.25) is 4.57 Å². The molecular formula is C30H45O6P. The fourth-order valence-electron chi connectivity index (χ4n) is 5.76. The third kappa shape index (κ3) is 6.82. The predicted molar refractivity (Wildman–Crippen MR) is 147 cm³/mol. The van der Waals surface area contributed by atoms with Crippen molar-refractivity contribution in [3.8, 4) is 0 Å². The smallest absolute Gasteiger partial charge is 0.334 e. The zero-order valence-corrected chi connectivity index (χ0v) is 24.6. The lowest BCUT2D eigenvalue weighted by molar-refractivity contribution is -0.137. The minimum absolute atomic E-state index is 0.00338. The Morgan fingerprint density at radius 3 is 2.43 bits per heavy atom. The third-order valence-corrected chi connectivity index (χ3v) is 10.5. The molecule has 0 heterocycles. The number of ether oxygens (including phenoxy) is 1. The van der Waals surface area contributed by atoms with Crippen LogP contribution in [-0.2, 0) is 44.2 Å². The van der Waals surface area contributed by atoms with Crippen LogP contribution >= 0.6 is 7.60 Å². The largest absolute Gasteiger partial charge is 0.463 e. The number of rotatable bonds is 13. The third-order valence-electron chi connectivity index (χ3n) is 8.41. The molecule has 0 aromatic heterocycles. The van der Waals surface area contributed by atoms with Crippen LogP contribution in [0, 0.1) is 5.92 Å². The van der Waals surface area contributed by atoms with Crippen LogP contribution in [0.15, 0.2) is 29.8 Å². The van der Waals surface area contributed by atoms with E-state index in [9.17, 15) is 14.2 Å². The first-order chi connectivity index (χ1) is 17.3. The Labute approximate surface area is 223 Å². The van der Waals surface area contributed by atoms with Crippen molar-refractivity contribution in [2.45, 2.75) is 96.8 Å². The number of allylic oxidation sites excluding steroid dienone is 1. The first-order valence-electron chi connectivity index (χ1n) is 13.7. The van der Waals surface area contributed by atoms with E-state index in [2.05, 4.69) is 45.9 Å². The van der Waals surface area contributed by atoms with Gasteiger partial charge in [-0.25, -0.2) is 4.79 Å². The van der Waals surface area contributed by atoms with Crippen LogP contribution in [0.3, 0.4) is 0 Å². The van der Waals surface area contributed by atoms with Gasteiger partial charge in [0, 0.05) is 17.4 Å². The molecule has 2 aliphatic rings. The van der Waals surface area contributed by atoms with E-state index < -0.39 is 13.6 Å². The van der Waals surface area contributed by atoms with Crippen LogP contribution in [0.5, 0.6) is 0 Å². The number of carbonyl (C=O) groups excluding carboxylic acids is 2. The first-order valence-corrected chi connectivity index (χ1v) is 15.4.